The van der Waals surface area contributed by atoms with Crippen molar-refractivity contribution < 1.29 is 23.8 Å². The molecule has 5 rings (SSSR count). The Kier molecular flexibility index (Phi) is 6.09. The third-order valence-corrected chi connectivity index (χ3v) is 6.08. The molecule has 0 amide bonds. The number of cyclic esters (lactones) is 1. The van der Waals surface area contributed by atoms with Gasteiger partial charge in [0.05, 0.1) is 23.7 Å². The van der Waals surface area contributed by atoms with Gasteiger partial charge in [-0.1, -0.05) is 36.4 Å². The quantitative estimate of drug-likeness (QED) is 0.504. The van der Waals surface area contributed by atoms with Crippen molar-refractivity contribution in [2.24, 2.45) is 0 Å². The van der Waals surface area contributed by atoms with E-state index in [2.05, 4.69) is 6.07 Å². The predicted molar refractivity (Wildman–Crippen MR) is 125 cm³/mol. The van der Waals surface area contributed by atoms with E-state index < -0.39 is 18.9 Å². The molecule has 6 heteroatoms. The van der Waals surface area contributed by atoms with Gasteiger partial charge < -0.3 is 14.6 Å². The molecule has 1 aliphatic carbocycles. The lowest BCUT2D eigenvalue weighted by atomic mass is 9.92. The van der Waals surface area contributed by atoms with Crippen molar-refractivity contribution in [2.45, 2.75) is 43.8 Å². The van der Waals surface area contributed by atoms with E-state index in [0.717, 1.165) is 46.1 Å². The first kappa shape index (κ1) is 21.6. The summed E-state index contributed by atoms with van der Waals surface area (Å²) in [6.07, 6.45) is 5.32. The SMILES string of the molecule is O=C1C[C@H](O)C[C@@H](/C=C/c2c(C3CC3)nc3ccccc3c2-c2ccc(OCCF)cc2)O1. The molecule has 0 spiro atoms. The fourth-order valence-electron chi connectivity index (χ4n) is 4.40. The third kappa shape index (κ3) is 4.76. The number of pyridine rings is 1. The molecule has 1 saturated heterocycles. The van der Waals surface area contributed by atoms with Crippen molar-refractivity contribution in [3.63, 3.8) is 0 Å². The van der Waals surface area contributed by atoms with Gasteiger partial charge in [-0.2, -0.15) is 0 Å². The van der Waals surface area contributed by atoms with Crippen LogP contribution in [-0.2, 0) is 9.53 Å². The van der Waals surface area contributed by atoms with Crippen LogP contribution in [0, 0.1) is 0 Å². The van der Waals surface area contributed by atoms with E-state index in [1.54, 1.807) is 0 Å². The number of aliphatic hydroxyl groups is 1. The first-order chi connectivity index (χ1) is 16.1. The number of hydrogen-bond donors (Lipinski definition) is 1. The van der Waals surface area contributed by atoms with Gasteiger partial charge in [0.25, 0.3) is 0 Å². The summed E-state index contributed by atoms with van der Waals surface area (Å²) in [7, 11) is 0. The fourth-order valence-corrected chi connectivity index (χ4v) is 4.40. The Morgan fingerprint density at radius 2 is 1.94 bits per heavy atom. The van der Waals surface area contributed by atoms with Gasteiger partial charge in [-0.05, 0) is 42.7 Å². The molecule has 0 bridgehead atoms. The second kappa shape index (κ2) is 9.32. The molecule has 170 valence electrons. The molecule has 5 nitrogen and oxygen atoms in total. The third-order valence-electron chi connectivity index (χ3n) is 6.08. The van der Waals surface area contributed by atoms with Crippen molar-refractivity contribution >= 4 is 22.9 Å². The number of esters is 1. The maximum absolute atomic E-state index is 12.5. The average molecular weight is 448 g/mol. The van der Waals surface area contributed by atoms with Crippen LogP contribution >= 0.6 is 0 Å². The topological polar surface area (TPSA) is 68.7 Å². The Bertz CT molecular complexity index is 1190. The van der Waals surface area contributed by atoms with Crippen molar-refractivity contribution in [2.75, 3.05) is 13.3 Å². The molecule has 1 aromatic heterocycles. The number of rotatable bonds is 7. The summed E-state index contributed by atoms with van der Waals surface area (Å²) < 4.78 is 23.3. The minimum Gasteiger partial charge on any atom is -0.491 e. The smallest absolute Gasteiger partial charge is 0.309 e. The number of ether oxygens (including phenoxy) is 2. The van der Waals surface area contributed by atoms with E-state index >= 15 is 0 Å². The maximum Gasteiger partial charge on any atom is 0.309 e. The number of hydrogen-bond acceptors (Lipinski definition) is 5. The normalized spacial score (nSPS) is 20.8. The van der Waals surface area contributed by atoms with Crippen LogP contribution in [0.4, 0.5) is 4.39 Å². The number of halogens is 1. The number of para-hydroxylation sites is 1. The van der Waals surface area contributed by atoms with Crippen molar-refractivity contribution in [1.82, 2.24) is 4.98 Å². The molecular formula is C27H26FNO4. The zero-order valence-electron chi connectivity index (χ0n) is 18.2. The second-order valence-corrected chi connectivity index (χ2v) is 8.62. The summed E-state index contributed by atoms with van der Waals surface area (Å²) in [6, 6.07) is 15.7. The number of aliphatic hydroxyl groups excluding tert-OH is 1. The highest BCUT2D eigenvalue weighted by Crippen LogP contribution is 2.45. The highest BCUT2D eigenvalue weighted by Gasteiger charge is 2.30. The van der Waals surface area contributed by atoms with E-state index in [9.17, 15) is 14.3 Å². The number of carbonyl (C=O) groups is 1. The summed E-state index contributed by atoms with van der Waals surface area (Å²) in [5.41, 5.74) is 5.04. The Labute approximate surface area is 191 Å². The maximum atomic E-state index is 12.5. The predicted octanol–water partition coefficient (Wildman–Crippen LogP) is 5.21. The van der Waals surface area contributed by atoms with Crippen LogP contribution in [0.5, 0.6) is 5.75 Å². The minimum atomic E-state index is -0.685. The Balaban J connectivity index is 1.61. The summed E-state index contributed by atoms with van der Waals surface area (Å²) >= 11 is 0. The minimum absolute atomic E-state index is 0.0311. The first-order valence-corrected chi connectivity index (χ1v) is 11.4. The number of carbonyl (C=O) groups excluding carboxylic acids is 1. The zero-order chi connectivity index (χ0) is 22.8. The van der Waals surface area contributed by atoms with Gasteiger partial charge in [-0.3, -0.25) is 9.78 Å². The number of nitrogens with zero attached hydrogens (tertiary/aromatic N) is 1. The largest absolute Gasteiger partial charge is 0.491 e. The van der Waals surface area contributed by atoms with E-state index in [1.807, 2.05) is 54.6 Å². The summed E-state index contributed by atoms with van der Waals surface area (Å²) in [5.74, 6) is 0.642. The number of aromatic nitrogens is 1. The van der Waals surface area contributed by atoms with E-state index in [4.69, 9.17) is 14.5 Å². The van der Waals surface area contributed by atoms with Gasteiger partial charge in [0.1, 0.15) is 25.1 Å². The van der Waals surface area contributed by atoms with Crippen LogP contribution in [-0.4, -0.2) is 41.5 Å². The Morgan fingerprint density at radius 1 is 1.15 bits per heavy atom. The van der Waals surface area contributed by atoms with Crippen LogP contribution in [0.2, 0.25) is 0 Å². The van der Waals surface area contributed by atoms with Crippen LogP contribution in [0.25, 0.3) is 28.1 Å². The Morgan fingerprint density at radius 3 is 2.67 bits per heavy atom. The van der Waals surface area contributed by atoms with Gasteiger partial charge >= 0.3 is 5.97 Å². The number of fused-ring (bicyclic) bond motifs is 1. The molecule has 2 atom stereocenters. The van der Waals surface area contributed by atoms with Crippen LogP contribution in [0.3, 0.4) is 0 Å². The molecule has 0 radical (unpaired) electrons. The van der Waals surface area contributed by atoms with Crippen LogP contribution in [0.15, 0.2) is 54.6 Å². The number of benzene rings is 2. The molecule has 33 heavy (non-hydrogen) atoms. The van der Waals surface area contributed by atoms with Crippen molar-refractivity contribution in [1.29, 1.82) is 0 Å². The summed E-state index contributed by atoms with van der Waals surface area (Å²) in [5, 5.41) is 11.0. The lowest BCUT2D eigenvalue weighted by Crippen LogP contribution is -2.31. The summed E-state index contributed by atoms with van der Waals surface area (Å²) in [4.78, 5) is 16.8. The van der Waals surface area contributed by atoms with Gasteiger partial charge in [-0.25, -0.2) is 4.39 Å². The molecule has 2 aromatic carbocycles. The van der Waals surface area contributed by atoms with Gasteiger partial charge in [0.2, 0.25) is 0 Å². The van der Waals surface area contributed by atoms with E-state index in [0.29, 0.717) is 18.1 Å². The molecule has 0 unspecified atom stereocenters. The molecule has 3 aromatic rings. The lowest BCUT2D eigenvalue weighted by Gasteiger charge is -2.23. The van der Waals surface area contributed by atoms with Gasteiger partial charge in [0, 0.05) is 28.9 Å². The lowest BCUT2D eigenvalue weighted by molar-refractivity contribution is -0.156. The number of alkyl halides is 1. The van der Waals surface area contributed by atoms with E-state index in [-0.39, 0.29) is 19.0 Å². The molecule has 1 N–H and O–H groups in total. The second-order valence-electron chi connectivity index (χ2n) is 8.62. The Hall–Kier alpha value is -3.25. The molecule has 2 aliphatic rings. The van der Waals surface area contributed by atoms with Gasteiger partial charge in [0.15, 0.2) is 0 Å². The first-order valence-electron chi connectivity index (χ1n) is 11.4. The highest BCUT2D eigenvalue weighted by atomic mass is 19.1. The molecule has 2 fully saturated rings. The standard InChI is InChI=1S/C27H26FNO4/c28-13-14-32-20-9-7-17(8-10-20)26-22-3-1-2-4-24(22)29-27(18-5-6-18)23(26)12-11-21-15-19(30)16-25(31)33-21/h1-4,7-12,18-19,21,30H,5-6,13-16H2/b12-11+/t19-,21-/m1/s1. The van der Waals surface area contributed by atoms with Gasteiger partial charge in [-0.15, -0.1) is 0 Å². The molecular weight excluding hydrogens is 421 g/mol. The monoisotopic (exact) mass is 447 g/mol. The average Bonchev–Trinajstić information content (AvgIpc) is 3.66. The zero-order valence-corrected chi connectivity index (χ0v) is 18.2. The highest BCUT2D eigenvalue weighted by molar-refractivity contribution is 5.99. The molecule has 1 aliphatic heterocycles. The summed E-state index contributed by atoms with van der Waals surface area (Å²) in [6.45, 7) is -0.500. The van der Waals surface area contributed by atoms with E-state index in [1.165, 1.54) is 0 Å². The van der Waals surface area contributed by atoms with Crippen molar-refractivity contribution in [3.05, 3.63) is 65.9 Å². The fraction of sp³-hybridized carbons (Fsp3) is 0.333. The molecule has 2 heterocycles. The van der Waals surface area contributed by atoms with Crippen LogP contribution in [0.1, 0.15) is 42.9 Å². The van der Waals surface area contributed by atoms with Crippen molar-refractivity contribution in [3.8, 4) is 16.9 Å². The van der Waals surface area contributed by atoms with Crippen LogP contribution < -0.4 is 4.74 Å². The molecule has 1 saturated carbocycles.